The second-order valence-electron chi connectivity index (χ2n) is 4.58. The molecule has 2 atom stereocenters. The SMILES string of the molecule is CCCNCC1CCC(COCCCOC)O1. The molecule has 0 amide bonds. The zero-order valence-electron chi connectivity index (χ0n) is 11.2. The quantitative estimate of drug-likeness (QED) is 0.593. The molecule has 0 bridgehead atoms. The third-order valence-corrected chi connectivity index (χ3v) is 2.94. The van der Waals surface area contributed by atoms with E-state index in [0.29, 0.717) is 12.2 Å². The molecule has 0 saturated carbocycles. The molecule has 2 unspecified atom stereocenters. The molecular formula is C13H27NO3. The lowest BCUT2D eigenvalue weighted by atomic mass is 10.2. The fourth-order valence-electron chi connectivity index (χ4n) is 2.01. The molecule has 4 nitrogen and oxygen atoms in total. The highest BCUT2D eigenvalue weighted by atomic mass is 16.5. The molecule has 0 aromatic rings. The fraction of sp³-hybridized carbons (Fsp3) is 1.00. The van der Waals surface area contributed by atoms with E-state index < -0.39 is 0 Å². The molecule has 1 aliphatic heterocycles. The standard InChI is InChI=1S/C13H27NO3/c1-3-7-14-10-12-5-6-13(17-12)11-16-9-4-8-15-2/h12-14H,3-11H2,1-2H3. The molecule has 0 spiro atoms. The topological polar surface area (TPSA) is 39.7 Å². The average Bonchev–Trinajstić information content (AvgIpc) is 2.77. The Balaban J connectivity index is 1.94. The van der Waals surface area contributed by atoms with Crippen LogP contribution in [-0.2, 0) is 14.2 Å². The summed E-state index contributed by atoms with van der Waals surface area (Å²) in [6, 6.07) is 0. The Morgan fingerprint density at radius 1 is 1.24 bits per heavy atom. The summed E-state index contributed by atoms with van der Waals surface area (Å²) in [5, 5.41) is 3.40. The number of hydrogen-bond acceptors (Lipinski definition) is 4. The van der Waals surface area contributed by atoms with Crippen molar-refractivity contribution >= 4 is 0 Å². The molecule has 102 valence electrons. The molecule has 0 radical (unpaired) electrons. The van der Waals surface area contributed by atoms with Crippen LogP contribution in [0.15, 0.2) is 0 Å². The highest BCUT2D eigenvalue weighted by Gasteiger charge is 2.24. The lowest BCUT2D eigenvalue weighted by molar-refractivity contribution is -0.0172. The van der Waals surface area contributed by atoms with E-state index in [9.17, 15) is 0 Å². The van der Waals surface area contributed by atoms with Crippen LogP contribution < -0.4 is 5.32 Å². The van der Waals surface area contributed by atoms with Gasteiger partial charge in [-0.2, -0.15) is 0 Å². The van der Waals surface area contributed by atoms with E-state index in [4.69, 9.17) is 14.2 Å². The normalized spacial score (nSPS) is 24.4. The van der Waals surface area contributed by atoms with Crippen molar-refractivity contribution in [3.05, 3.63) is 0 Å². The first kappa shape index (κ1) is 14.9. The van der Waals surface area contributed by atoms with Gasteiger partial charge < -0.3 is 19.5 Å². The smallest absolute Gasteiger partial charge is 0.0813 e. The first-order chi connectivity index (χ1) is 8.36. The van der Waals surface area contributed by atoms with Gasteiger partial charge in [-0.15, -0.1) is 0 Å². The maximum Gasteiger partial charge on any atom is 0.0813 e. The predicted molar refractivity (Wildman–Crippen MR) is 68.4 cm³/mol. The lowest BCUT2D eigenvalue weighted by Crippen LogP contribution is -2.28. The molecule has 0 aliphatic carbocycles. The molecule has 17 heavy (non-hydrogen) atoms. The van der Waals surface area contributed by atoms with Crippen LogP contribution in [0.2, 0.25) is 0 Å². The minimum absolute atomic E-state index is 0.297. The minimum Gasteiger partial charge on any atom is -0.385 e. The summed E-state index contributed by atoms with van der Waals surface area (Å²) in [5.74, 6) is 0. The van der Waals surface area contributed by atoms with Gasteiger partial charge in [-0.25, -0.2) is 0 Å². The van der Waals surface area contributed by atoms with Gasteiger partial charge in [0.05, 0.1) is 18.8 Å². The van der Waals surface area contributed by atoms with Crippen LogP contribution in [-0.4, -0.2) is 52.2 Å². The average molecular weight is 245 g/mol. The van der Waals surface area contributed by atoms with Crippen molar-refractivity contribution in [2.24, 2.45) is 0 Å². The van der Waals surface area contributed by atoms with E-state index in [1.54, 1.807) is 7.11 Å². The minimum atomic E-state index is 0.297. The van der Waals surface area contributed by atoms with Crippen molar-refractivity contribution in [2.75, 3.05) is 40.0 Å². The van der Waals surface area contributed by atoms with E-state index in [1.807, 2.05) is 0 Å². The Morgan fingerprint density at radius 3 is 2.82 bits per heavy atom. The van der Waals surface area contributed by atoms with Crippen LogP contribution in [0.3, 0.4) is 0 Å². The van der Waals surface area contributed by atoms with E-state index in [2.05, 4.69) is 12.2 Å². The monoisotopic (exact) mass is 245 g/mol. The van der Waals surface area contributed by atoms with Gasteiger partial charge in [0.25, 0.3) is 0 Å². The summed E-state index contributed by atoms with van der Waals surface area (Å²) in [6.07, 6.45) is 5.11. The Morgan fingerprint density at radius 2 is 2.06 bits per heavy atom. The molecular weight excluding hydrogens is 218 g/mol. The maximum absolute atomic E-state index is 5.90. The van der Waals surface area contributed by atoms with Crippen molar-refractivity contribution in [2.45, 2.75) is 44.8 Å². The highest BCUT2D eigenvalue weighted by Crippen LogP contribution is 2.19. The molecule has 4 heteroatoms. The van der Waals surface area contributed by atoms with E-state index in [1.165, 1.54) is 6.42 Å². The van der Waals surface area contributed by atoms with Crippen molar-refractivity contribution in [1.29, 1.82) is 0 Å². The summed E-state index contributed by atoms with van der Waals surface area (Å²) in [4.78, 5) is 0. The Hall–Kier alpha value is -0.160. The molecule has 1 heterocycles. The van der Waals surface area contributed by atoms with Crippen molar-refractivity contribution in [1.82, 2.24) is 5.32 Å². The fourth-order valence-corrected chi connectivity index (χ4v) is 2.01. The zero-order valence-corrected chi connectivity index (χ0v) is 11.2. The van der Waals surface area contributed by atoms with E-state index in [-0.39, 0.29) is 0 Å². The van der Waals surface area contributed by atoms with Crippen LogP contribution in [0.1, 0.15) is 32.6 Å². The summed E-state index contributed by atoms with van der Waals surface area (Å²) in [5.41, 5.74) is 0. The van der Waals surface area contributed by atoms with Gasteiger partial charge in [0, 0.05) is 26.9 Å². The summed E-state index contributed by atoms with van der Waals surface area (Å²) in [6.45, 7) is 6.51. The van der Waals surface area contributed by atoms with Crippen molar-refractivity contribution < 1.29 is 14.2 Å². The van der Waals surface area contributed by atoms with Gasteiger partial charge in [-0.05, 0) is 32.2 Å². The van der Waals surface area contributed by atoms with Gasteiger partial charge in [-0.1, -0.05) is 6.92 Å². The van der Waals surface area contributed by atoms with Crippen LogP contribution in [0.25, 0.3) is 0 Å². The first-order valence-corrected chi connectivity index (χ1v) is 6.79. The molecule has 1 rings (SSSR count). The van der Waals surface area contributed by atoms with E-state index >= 15 is 0 Å². The van der Waals surface area contributed by atoms with Gasteiger partial charge in [0.1, 0.15) is 0 Å². The third-order valence-electron chi connectivity index (χ3n) is 2.94. The third kappa shape index (κ3) is 6.99. The molecule has 1 fully saturated rings. The highest BCUT2D eigenvalue weighted by molar-refractivity contribution is 4.75. The molecule has 1 aliphatic rings. The Kier molecular flexibility index (Phi) is 8.61. The van der Waals surface area contributed by atoms with Crippen LogP contribution >= 0.6 is 0 Å². The van der Waals surface area contributed by atoms with Gasteiger partial charge in [0.2, 0.25) is 0 Å². The van der Waals surface area contributed by atoms with Crippen LogP contribution in [0.4, 0.5) is 0 Å². The largest absolute Gasteiger partial charge is 0.385 e. The lowest BCUT2D eigenvalue weighted by Gasteiger charge is -2.14. The number of nitrogens with one attached hydrogen (secondary N) is 1. The summed E-state index contributed by atoms with van der Waals surface area (Å²) < 4.78 is 16.4. The van der Waals surface area contributed by atoms with Crippen molar-refractivity contribution in [3.8, 4) is 0 Å². The van der Waals surface area contributed by atoms with Gasteiger partial charge >= 0.3 is 0 Å². The van der Waals surface area contributed by atoms with Gasteiger partial charge in [0.15, 0.2) is 0 Å². The molecule has 1 N–H and O–H groups in total. The molecule has 1 saturated heterocycles. The number of hydrogen-bond donors (Lipinski definition) is 1. The molecule has 0 aromatic heterocycles. The van der Waals surface area contributed by atoms with Crippen LogP contribution in [0.5, 0.6) is 0 Å². The first-order valence-electron chi connectivity index (χ1n) is 6.79. The second-order valence-corrected chi connectivity index (χ2v) is 4.58. The maximum atomic E-state index is 5.90. The summed E-state index contributed by atoms with van der Waals surface area (Å²) in [7, 11) is 1.72. The number of methoxy groups -OCH3 is 1. The Bertz CT molecular complexity index is 178. The Labute approximate surface area is 105 Å². The predicted octanol–water partition coefficient (Wildman–Crippen LogP) is 1.59. The van der Waals surface area contributed by atoms with Crippen molar-refractivity contribution in [3.63, 3.8) is 0 Å². The number of rotatable bonds is 10. The number of ether oxygens (including phenoxy) is 3. The van der Waals surface area contributed by atoms with E-state index in [0.717, 1.165) is 52.2 Å². The second kappa shape index (κ2) is 9.83. The zero-order chi connectivity index (χ0) is 12.3. The van der Waals surface area contributed by atoms with Crippen LogP contribution in [0, 0.1) is 0 Å². The summed E-state index contributed by atoms with van der Waals surface area (Å²) >= 11 is 0. The van der Waals surface area contributed by atoms with Gasteiger partial charge in [-0.3, -0.25) is 0 Å². The molecule has 0 aromatic carbocycles.